The predicted molar refractivity (Wildman–Crippen MR) is 63.6 cm³/mol. The van der Waals surface area contributed by atoms with Gasteiger partial charge in [0.1, 0.15) is 5.71 Å². The van der Waals surface area contributed by atoms with E-state index in [0.717, 1.165) is 0 Å². The third-order valence-electron chi connectivity index (χ3n) is 2.18. The van der Waals surface area contributed by atoms with Crippen molar-refractivity contribution in [3.05, 3.63) is 0 Å². The first-order valence-corrected chi connectivity index (χ1v) is 5.78. The first-order chi connectivity index (χ1) is 8.49. The Hall–Kier alpha value is -1.92. The van der Waals surface area contributed by atoms with Crippen LogP contribution >= 0.6 is 0 Å². The summed E-state index contributed by atoms with van der Waals surface area (Å²) in [5.74, 6) is -0.920. The zero-order valence-corrected chi connectivity index (χ0v) is 10.5. The first-order valence-electron chi connectivity index (χ1n) is 5.78. The molecule has 0 saturated carbocycles. The van der Waals surface area contributed by atoms with Crippen LogP contribution in [0, 0.1) is 5.92 Å². The van der Waals surface area contributed by atoms with E-state index in [1.54, 1.807) is 0 Å². The molecule has 0 aromatic rings. The SMILES string of the molecule is CC(C)CNC(=O)COC(=O)C1=NNC(=O)CC1. The van der Waals surface area contributed by atoms with Gasteiger partial charge in [0.15, 0.2) is 6.61 Å². The largest absolute Gasteiger partial charge is 0.451 e. The molecule has 1 aliphatic heterocycles. The zero-order chi connectivity index (χ0) is 13.5. The Morgan fingerprint density at radius 2 is 2.17 bits per heavy atom. The van der Waals surface area contributed by atoms with Crippen molar-refractivity contribution in [1.29, 1.82) is 0 Å². The van der Waals surface area contributed by atoms with Gasteiger partial charge in [-0.25, -0.2) is 10.2 Å². The number of rotatable bonds is 5. The lowest BCUT2D eigenvalue weighted by atomic mass is 10.2. The van der Waals surface area contributed by atoms with Crippen LogP contribution in [-0.2, 0) is 19.1 Å². The van der Waals surface area contributed by atoms with Crippen LogP contribution in [0.4, 0.5) is 0 Å². The molecular weight excluding hydrogens is 238 g/mol. The van der Waals surface area contributed by atoms with Crippen molar-refractivity contribution in [3.8, 4) is 0 Å². The maximum atomic E-state index is 11.5. The van der Waals surface area contributed by atoms with Crippen molar-refractivity contribution in [2.45, 2.75) is 26.7 Å². The van der Waals surface area contributed by atoms with Gasteiger partial charge in [-0.15, -0.1) is 0 Å². The number of hydrogen-bond donors (Lipinski definition) is 2. The lowest BCUT2D eigenvalue weighted by molar-refractivity contribution is -0.142. The number of hydrazone groups is 1. The number of ether oxygens (including phenoxy) is 1. The molecule has 0 aromatic heterocycles. The molecule has 0 aliphatic carbocycles. The van der Waals surface area contributed by atoms with Crippen molar-refractivity contribution in [2.75, 3.05) is 13.2 Å². The summed E-state index contributed by atoms with van der Waals surface area (Å²) in [4.78, 5) is 33.6. The lowest BCUT2D eigenvalue weighted by Crippen LogP contribution is -2.35. The van der Waals surface area contributed by atoms with Crippen LogP contribution < -0.4 is 10.7 Å². The number of carbonyl (C=O) groups is 3. The van der Waals surface area contributed by atoms with E-state index in [9.17, 15) is 14.4 Å². The fourth-order valence-corrected chi connectivity index (χ4v) is 1.20. The molecule has 0 saturated heterocycles. The molecule has 0 atom stereocenters. The van der Waals surface area contributed by atoms with Crippen molar-refractivity contribution in [2.24, 2.45) is 11.0 Å². The average molecular weight is 255 g/mol. The van der Waals surface area contributed by atoms with E-state index in [0.29, 0.717) is 12.5 Å². The second-order valence-electron chi connectivity index (χ2n) is 4.37. The number of esters is 1. The molecule has 0 aromatic carbocycles. The van der Waals surface area contributed by atoms with E-state index in [1.807, 2.05) is 13.8 Å². The highest BCUT2D eigenvalue weighted by atomic mass is 16.5. The Balaban J connectivity index is 2.28. The van der Waals surface area contributed by atoms with Crippen LogP contribution in [0.15, 0.2) is 5.10 Å². The highest BCUT2D eigenvalue weighted by molar-refractivity contribution is 6.37. The summed E-state index contributed by atoms with van der Waals surface area (Å²) in [7, 11) is 0. The summed E-state index contributed by atoms with van der Waals surface area (Å²) in [6, 6.07) is 0. The quantitative estimate of drug-likeness (QED) is 0.651. The lowest BCUT2D eigenvalue weighted by Gasteiger charge is -2.11. The summed E-state index contributed by atoms with van der Waals surface area (Å²) in [6.07, 6.45) is 0.436. The van der Waals surface area contributed by atoms with Crippen LogP contribution in [0.25, 0.3) is 0 Å². The topological polar surface area (TPSA) is 96.9 Å². The van der Waals surface area contributed by atoms with Crippen molar-refractivity contribution in [3.63, 3.8) is 0 Å². The van der Waals surface area contributed by atoms with Gasteiger partial charge in [-0.1, -0.05) is 13.8 Å². The van der Waals surface area contributed by atoms with Gasteiger partial charge in [0.2, 0.25) is 5.91 Å². The molecule has 18 heavy (non-hydrogen) atoms. The third kappa shape index (κ3) is 4.94. The summed E-state index contributed by atoms with van der Waals surface area (Å²) in [6.45, 7) is 4.13. The van der Waals surface area contributed by atoms with Gasteiger partial charge in [0.25, 0.3) is 5.91 Å². The van der Waals surface area contributed by atoms with Crippen molar-refractivity contribution in [1.82, 2.24) is 10.7 Å². The van der Waals surface area contributed by atoms with Gasteiger partial charge in [-0.2, -0.15) is 5.10 Å². The summed E-state index contributed by atoms with van der Waals surface area (Å²) in [5.41, 5.74) is 2.32. The van der Waals surface area contributed by atoms with Gasteiger partial charge in [0, 0.05) is 19.4 Å². The van der Waals surface area contributed by atoms with E-state index in [1.165, 1.54) is 0 Å². The van der Waals surface area contributed by atoms with E-state index >= 15 is 0 Å². The van der Waals surface area contributed by atoms with Crippen molar-refractivity contribution >= 4 is 23.5 Å². The maximum absolute atomic E-state index is 11.5. The molecule has 7 nitrogen and oxygen atoms in total. The van der Waals surface area contributed by atoms with Crippen LogP contribution in [0.5, 0.6) is 0 Å². The van der Waals surface area contributed by atoms with Crippen LogP contribution in [0.3, 0.4) is 0 Å². The molecule has 1 heterocycles. The molecule has 2 N–H and O–H groups in total. The fraction of sp³-hybridized carbons (Fsp3) is 0.636. The second kappa shape index (κ2) is 6.73. The Kier molecular flexibility index (Phi) is 5.29. The molecule has 7 heteroatoms. The molecular formula is C11H17N3O4. The predicted octanol–water partition coefficient (Wildman–Crippen LogP) is -0.432. The number of hydrogen-bond acceptors (Lipinski definition) is 5. The molecule has 0 bridgehead atoms. The minimum atomic E-state index is -0.672. The Bertz CT molecular complexity index is 376. The highest BCUT2D eigenvalue weighted by Gasteiger charge is 2.20. The molecule has 0 unspecified atom stereocenters. The molecule has 1 rings (SSSR count). The summed E-state index contributed by atoms with van der Waals surface area (Å²) in [5, 5.41) is 6.20. The van der Waals surface area contributed by atoms with Crippen molar-refractivity contribution < 1.29 is 19.1 Å². The standard InChI is InChI=1S/C11H17N3O4/c1-7(2)5-12-10(16)6-18-11(17)8-3-4-9(15)14-13-8/h7H,3-6H2,1-2H3,(H,12,16)(H,14,15). The summed E-state index contributed by atoms with van der Waals surface area (Å²) >= 11 is 0. The molecule has 0 radical (unpaired) electrons. The Labute approximate surface area is 105 Å². The number of amides is 2. The summed E-state index contributed by atoms with van der Waals surface area (Å²) < 4.78 is 4.78. The number of nitrogens with one attached hydrogen (secondary N) is 2. The molecule has 100 valence electrons. The number of nitrogens with zero attached hydrogens (tertiary/aromatic N) is 1. The minimum Gasteiger partial charge on any atom is -0.451 e. The fourth-order valence-electron chi connectivity index (χ4n) is 1.20. The average Bonchev–Trinajstić information content (AvgIpc) is 2.34. The van der Waals surface area contributed by atoms with Gasteiger partial charge >= 0.3 is 5.97 Å². The monoisotopic (exact) mass is 255 g/mol. The van der Waals surface area contributed by atoms with Gasteiger partial charge in [-0.05, 0) is 5.92 Å². The zero-order valence-electron chi connectivity index (χ0n) is 10.5. The molecule has 1 aliphatic rings. The van der Waals surface area contributed by atoms with Crippen LogP contribution in [0.2, 0.25) is 0 Å². The van der Waals surface area contributed by atoms with E-state index in [4.69, 9.17) is 4.74 Å². The second-order valence-corrected chi connectivity index (χ2v) is 4.37. The first kappa shape index (κ1) is 14.1. The highest BCUT2D eigenvalue weighted by Crippen LogP contribution is 2.01. The van der Waals surface area contributed by atoms with Crippen LogP contribution in [0.1, 0.15) is 26.7 Å². The van der Waals surface area contributed by atoms with Crippen LogP contribution in [-0.4, -0.2) is 36.6 Å². The van der Waals surface area contributed by atoms with Gasteiger partial charge in [-0.3, -0.25) is 9.59 Å². The third-order valence-corrected chi connectivity index (χ3v) is 2.18. The van der Waals surface area contributed by atoms with E-state index in [-0.39, 0.29) is 37.0 Å². The van der Waals surface area contributed by atoms with Gasteiger partial charge in [0.05, 0.1) is 0 Å². The maximum Gasteiger partial charge on any atom is 0.355 e. The molecule has 0 fully saturated rings. The van der Waals surface area contributed by atoms with Gasteiger partial charge < -0.3 is 10.1 Å². The molecule has 2 amide bonds. The minimum absolute atomic E-state index is 0.131. The van der Waals surface area contributed by atoms with E-state index in [2.05, 4.69) is 15.8 Å². The smallest absolute Gasteiger partial charge is 0.355 e. The Morgan fingerprint density at radius 3 is 2.72 bits per heavy atom. The number of carbonyl (C=O) groups excluding carboxylic acids is 3. The normalized spacial score (nSPS) is 14.8. The Morgan fingerprint density at radius 1 is 1.44 bits per heavy atom. The van der Waals surface area contributed by atoms with E-state index < -0.39 is 5.97 Å². The molecule has 0 spiro atoms.